The van der Waals surface area contributed by atoms with Crippen LogP contribution >= 0.6 is 0 Å². The van der Waals surface area contributed by atoms with Gasteiger partial charge in [-0.3, -0.25) is 4.79 Å². The highest BCUT2D eigenvalue weighted by atomic mass is 16.7. The van der Waals surface area contributed by atoms with Gasteiger partial charge in [-0.1, -0.05) is 12.1 Å². The van der Waals surface area contributed by atoms with Crippen LogP contribution in [0.1, 0.15) is 17.0 Å². The highest BCUT2D eigenvalue weighted by Crippen LogP contribution is 2.39. The van der Waals surface area contributed by atoms with Crippen LogP contribution in [-0.4, -0.2) is 38.9 Å². The molecule has 1 saturated heterocycles. The van der Waals surface area contributed by atoms with E-state index in [1.54, 1.807) is 0 Å². The third-order valence-corrected chi connectivity index (χ3v) is 5.25. The maximum atomic E-state index is 12.6. The first-order valence-electron chi connectivity index (χ1n) is 8.98. The maximum Gasteiger partial charge on any atom is 0.319 e. The third-order valence-electron chi connectivity index (χ3n) is 5.25. The van der Waals surface area contributed by atoms with Gasteiger partial charge in [0.1, 0.15) is 5.75 Å². The first kappa shape index (κ1) is 15.5. The van der Waals surface area contributed by atoms with E-state index < -0.39 is 0 Å². The van der Waals surface area contributed by atoms with E-state index in [1.807, 2.05) is 24.3 Å². The van der Waals surface area contributed by atoms with Crippen molar-refractivity contribution in [3.63, 3.8) is 0 Å². The zero-order valence-electron chi connectivity index (χ0n) is 14.4. The van der Waals surface area contributed by atoms with E-state index in [4.69, 9.17) is 14.2 Å². The van der Waals surface area contributed by atoms with E-state index in [-0.39, 0.29) is 18.7 Å². The van der Waals surface area contributed by atoms with Crippen molar-refractivity contribution in [2.24, 2.45) is 0 Å². The summed E-state index contributed by atoms with van der Waals surface area (Å²) in [5.41, 5.74) is 3.07. The molecule has 0 amide bonds. The lowest BCUT2D eigenvalue weighted by molar-refractivity contribution is -0.137. The molecule has 26 heavy (non-hydrogen) atoms. The number of piperazine rings is 1. The number of fused-ring (bicyclic) bond motifs is 2. The molecule has 0 saturated carbocycles. The lowest BCUT2D eigenvalue weighted by Gasteiger charge is -2.31. The van der Waals surface area contributed by atoms with Gasteiger partial charge < -0.3 is 24.4 Å². The SMILES string of the molecule is O=C1Oc2cc(N3CCNCC3)ccc2CC1c1ccc2c(c1)OCO2. The van der Waals surface area contributed by atoms with Crippen LogP contribution < -0.4 is 24.4 Å². The molecule has 3 aliphatic rings. The Balaban J connectivity index is 1.41. The lowest BCUT2D eigenvalue weighted by atomic mass is 9.89. The molecule has 1 unspecified atom stereocenters. The summed E-state index contributed by atoms with van der Waals surface area (Å²) in [6, 6.07) is 11.9. The molecule has 2 aromatic rings. The van der Waals surface area contributed by atoms with Crippen molar-refractivity contribution in [1.29, 1.82) is 0 Å². The largest absolute Gasteiger partial charge is 0.454 e. The number of hydrogen-bond donors (Lipinski definition) is 1. The van der Waals surface area contributed by atoms with E-state index >= 15 is 0 Å². The minimum atomic E-state index is -0.318. The summed E-state index contributed by atoms with van der Waals surface area (Å²) in [7, 11) is 0. The highest BCUT2D eigenvalue weighted by Gasteiger charge is 2.31. The highest BCUT2D eigenvalue weighted by molar-refractivity contribution is 5.84. The van der Waals surface area contributed by atoms with Gasteiger partial charge in [-0.2, -0.15) is 0 Å². The topological polar surface area (TPSA) is 60.0 Å². The van der Waals surface area contributed by atoms with Crippen molar-refractivity contribution in [2.75, 3.05) is 37.9 Å². The van der Waals surface area contributed by atoms with Gasteiger partial charge >= 0.3 is 5.97 Å². The summed E-state index contributed by atoms with van der Waals surface area (Å²) < 4.78 is 16.5. The zero-order valence-corrected chi connectivity index (χ0v) is 14.4. The molecule has 6 heteroatoms. The van der Waals surface area contributed by atoms with Crippen LogP contribution in [0.4, 0.5) is 5.69 Å². The Morgan fingerprint density at radius 3 is 2.69 bits per heavy atom. The van der Waals surface area contributed by atoms with Crippen LogP contribution in [0.25, 0.3) is 0 Å². The van der Waals surface area contributed by atoms with Gasteiger partial charge in [-0.25, -0.2) is 0 Å². The summed E-state index contributed by atoms with van der Waals surface area (Å²) >= 11 is 0. The number of benzene rings is 2. The molecule has 0 aliphatic carbocycles. The molecule has 1 atom stereocenters. The number of nitrogens with zero attached hydrogens (tertiary/aromatic N) is 1. The average molecular weight is 352 g/mol. The second-order valence-corrected chi connectivity index (χ2v) is 6.82. The second-order valence-electron chi connectivity index (χ2n) is 6.82. The first-order chi connectivity index (χ1) is 12.8. The second kappa shape index (κ2) is 6.21. The number of anilines is 1. The van der Waals surface area contributed by atoms with Gasteiger partial charge in [0.15, 0.2) is 11.5 Å². The van der Waals surface area contributed by atoms with E-state index in [1.165, 1.54) is 0 Å². The fraction of sp³-hybridized carbons (Fsp3) is 0.350. The van der Waals surface area contributed by atoms with Crippen molar-refractivity contribution >= 4 is 11.7 Å². The Bertz CT molecular complexity index is 861. The molecular weight excluding hydrogens is 332 g/mol. The molecule has 3 aliphatic heterocycles. The number of nitrogens with one attached hydrogen (secondary N) is 1. The molecule has 134 valence electrons. The fourth-order valence-corrected chi connectivity index (χ4v) is 3.79. The summed E-state index contributed by atoms with van der Waals surface area (Å²) in [4.78, 5) is 14.9. The van der Waals surface area contributed by atoms with Gasteiger partial charge in [0.2, 0.25) is 6.79 Å². The van der Waals surface area contributed by atoms with Gasteiger partial charge in [0.05, 0.1) is 5.92 Å². The minimum absolute atomic E-state index is 0.214. The smallest absolute Gasteiger partial charge is 0.319 e. The molecule has 1 N–H and O–H groups in total. The van der Waals surface area contributed by atoms with Gasteiger partial charge in [0.25, 0.3) is 0 Å². The van der Waals surface area contributed by atoms with Crippen LogP contribution in [0.5, 0.6) is 17.2 Å². The zero-order chi connectivity index (χ0) is 17.5. The molecule has 0 spiro atoms. The van der Waals surface area contributed by atoms with E-state index in [0.717, 1.165) is 48.7 Å². The maximum absolute atomic E-state index is 12.6. The number of hydrogen-bond acceptors (Lipinski definition) is 6. The Labute approximate surface area is 151 Å². The quantitative estimate of drug-likeness (QED) is 0.660. The number of carbonyl (C=O) groups excluding carboxylic acids is 1. The number of rotatable bonds is 2. The van der Waals surface area contributed by atoms with Gasteiger partial charge in [0, 0.05) is 37.9 Å². The van der Waals surface area contributed by atoms with Crippen LogP contribution in [-0.2, 0) is 11.2 Å². The van der Waals surface area contributed by atoms with Crippen LogP contribution in [0, 0.1) is 0 Å². The predicted molar refractivity (Wildman–Crippen MR) is 96.2 cm³/mol. The van der Waals surface area contributed by atoms with Crippen molar-refractivity contribution in [3.8, 4) is 17.2 Å². The molecule has 1 fully saturated rings. The van der Waals surface area contributed by atoms with Crippen molar-refractivity contribution in [2.45, 2.75) is 12.3 Å². The molecule has 0 bridgehead atoms. The molecule has 5 rings (SSSR count). The fourth-order valence-electron chi connectivity index (χ4n) is 3.79. The van der Waals surface area contributed by atoms with E-state index in [2.05, 4.69) is 22.3 Å². The van der Waals surface area contributed by atoms with E-state index in [0.29, 0.717) is 17.9 Å². The van der Waals surface area contributed by atoms with Crippen molar-refractivity contribution in [3.05, 3.63) is 47.5 Å². The molecule has 0 aromatic heterocycles. The molecule has 0 radical (unpaired) electrons. The summed E-state index contributed by atoms with van der Waals surface area (Å²) in [5, 5.41) is 3.35. The van der Waals surface area contributed by atoms with Crippen LogP contribution in [0.3, 0.4) is 0 Å². The first-order valence-corrected chi connectivity index (χ1v) is 8.98. The standard InChI is InChI=1S/C20H20N2O4/c23-20-16(13-2-4-17-19(10-13)25-12-24-17)9-14-1-3-15(11-18(14)26-20)22-7-5-21-6-8-22/h1-4,10-11,16,21H,5-9,12H2. The Kier molecular flexibility index (Phi) is 3.71. The summed E-state index contributed by atoms with van der Waals surface area (Å²) in [6.45, 7) is 4.11. The third kappa shape index (κ3) is 2.66. The number of ether oxygens (including phenoxy) is 3. The molecular formula is C20H20N2O4. The normalized spacial score (nSPS) is 21.3. The summed E-state index contributed by atoms with van der Waals surface area (Å²) in [6.07, 6.45) is 0.635. The summed E-state index contributed by atoms with van der Waals surface area (Å²) in [5.74, 6) is 1.56. The molecule has 3 heterocycles. The van der Waals surface area contributed by atoms with Crippen molar-refractivity contribution in [1.82, 2.24) is 5.32 Å². The number of esters is 1. The Morgan fingerprint density at radius 2 is 1.81 bits per heavy atom. The lowest BCUT2D eigenvalue weighted by Crippen LogP contribution is -2.43. The predicted octanol–water partition coefficient (Wildman–Crippen LogP) is 2.07. The van der Waals surface area contributed by atoms with E-state index in [9.17, 15) is 4.79 Å². The Hall–Kier alpha value is -2.73. The van der Waals surface area contributed by atoms with Crippen LogP contribution in [0.2, 0.25) is 0 Å². The van der Waals surface area contributed by atoms with Gasteiger partial charge in [-0.15, -0.1) is 0 Å². The minimum Gasteiger partial charge on any atom is -0.454 e. The monoisotopic (exact) mass is 352 g/mol. The Morgan fingerprint density at radius 1 is 0.962 bits per heavy atom. The molecule has 6 nitrogen and oxygen atoms in total. The van der Waals surface area contributed by atoms with Crippen LogP contribution in [0.15, 0.2) is 36.4 Å². The molecule has 2 aromatic carbocycles. The average Bonchev–Trinajstić information content (AvgIpc) is 3.15. The van der Waals surface area contributed by atoms with Crippen molar-refractivity contribution < 1.29 is 19.0 Å². The van der Waals surface area contributed by atoms with Gasteiger partial charge in [-0.05, 0) is 35.7 Å². The number of carbonyl (C=O) groups is 1.